The van der Waals surface area contributed by atoms with Gasteiger partial charge in [-0.3, -0.25) is 25.1 Å². The molecule has 9 nitrogen and oxygen atoms in total. The largest absolute Gasteiger partial charge is 0.454 e. The maximum absolute atomic E-state index is 12.7. The number of rotatable bonds is 3. The Kier molecular flexibility index (Phi) is 4.33. The molecule has 2 aliphatic rings. The highest BCUT2D eigenvalue weighted by Gasteiger charge is 2.35. The van der Waals surface area contributed by atoms with Crippen molar-refractivity contribution in [1.29, 1.82) is 0 Å². The number of benzene rings is 2. The number of amides is 2. The number of hydrogen-bond donors (Lipinski definition) is 1. The summed E-state index contributed by atoms with van der Waals surface area (Å²) in [6.07, 6.45) is 1.13. The summed E-state index contributed by atoms with van der Waals surface area (Å²) in [4.78, 5) is 35.8. The van der Waals surface area contributed by atoms with Gasteiger partial charge in [-0.25, -0.2) is 5.01 Å². The van der Waals surface area contributed by atoms with Crippen LogP contribution in [0.5, 0.6) is 11.5 Å². The first-order chi connectivity index (χ1) is 13.3. The minimum Gasteiger partial charge on any atom is -0.454 e. The van der Waals surface area contributed by atoms with E-state index < -0.39 is 16.7 Å². The zero-order valence-corrected chi connectivity index (χ0v) is 15.3. The van der Waals surface area contributed by atoms with Crippen LogP contribution in [0.25, 0.3) is 6.08 Å². The molecule has 0 bridgehead atoms. The van der Waals surface area contributed by atoms with E-state index in [0.29, 0.717) is 0 Å². The summed E-state index contributed by atoms with van der Waals surface area (Å²) in [6, 6.07) is 6.91. The van der Waals surface area contributed by atoms with Crippen molar-refractivity contribution in [2.24, 2.45) is 0 Å². The standard InChI is InChI=1S/C17H9Cl2N3O6/c18-11-2-1-9(5-12(11)19)21-17(24)10(16(23)20-21)3-8-4-14-15(28-7-27-14)6-13(8)22(25)26/h1-6H,7H2,(H,20,23)/b10-3+. The number of nitrogens with zero attached hydrogens (tertiary/aromatic N) is 2. The molecule has 2 aromatic carbocycles. The lowest BCUT2D eigenvalue weighted by Gasteiger charge is -2.15. The quantitative estimate of drug-likeness (QED) is 0.352. The van der Waals surface area contributed by atoms with Crippen LogP contribution in [0.2, 0.25) is 10.0 Å². The molecule has 142 valence electrons. The second-order valence-corrected chi connectivity index (χ2v) is 6.57. The Bertz CT molecular complexity index is 1080. The summed E-state index contributed by atoms with van der Waals surface area (Å²) in [6.45, 7) is -0.0724. The third kappa shape index (κ3) is 3.00. The number of carbonyl (C=O) groups excluding carboxylic acids is 2. The van der Waals surface area contributed by atoms with Crippen molar-refractivity contribution < 1.29 is 24.0 Å². The Hall–Kier alpha value is -3.30. The summed E-state index contributed by atoms with van der Waals surface area (Å²) in [7, 11) is 0. The molecule has 2 aliphatic heterocycles. The average molecular weight is 422 g/mol. The number of carbonyl (C=O) groups is 2. The zero-order chi connectivity index (χ0) is 20.0. The lowest BCUT2D eigenvalue weighted by atomic mass is 10.1. The van der Waals surface area contributed by atoms with Crippen molar-refractivity contribution >= 4 is 52.5 Å². The van der Waals surface area contributed by atoms with Crippen molar-refractivity contribution in [3.8, 4) is 11.5 Å². The first-order valence-corrected chi connectivity index (χ1v) is 8.51. The van der Waals surface area contributed by atoms with Gasteiger partial charge >= 0.3 is 0 Å². The maximum Gasteiger partial charge on any atom is 0.282 e. The van der Waals surface area contributed by atoms with Gasteiger partial charge in [0.25, 0.3) is 17.5 Å². The summed E-state index contributed by atoms with van der Waals surface area (Å²) in [5, 5.41) is 12.8. The monoisotopic (exact) mass is 421 g/mol. The summed E-state index contributed by atoms with van der Waals surface area (Å²) in [5.41, 5.74) is 2.09. The van der Waals surface area contributed by atoms with E-state index >= 15 is 0 Å². The van der Waals surface area contributed by atoms with E-state index in [1.54, 1.807) is 0 Å². The second kappa shape index (κ2) is 6.70. The van der Waals surface area contributed by atoms with Gasteiger partial charge in [0.1, 0.15) is 5.57 Å². The Morgan fingerprint density at radius 1 is 1.11 bits per heavy atom. The van der Waals surface area contributed by atoms with Crippen LogP contribution in [0.15, 0.2) is 35.9 Å². The van der Waals surface area contributed by atoms with Crippen LogP contribution in [0, 0.1) is 10.1 Å². The normalized spacial score (nSPS) is 16.6. The molecular formula is C17H9Cl2N3O6. The number of halogens is 2. The van der Waals surface area contributed by atoms with Crippen LogP contribution in [0.4, 0.5) is 11.4 Å². The van der Waals surface area contributed by atoms with Gasteiger partial charge in [-0.1, -0.05) is 23.2 Å². The van der Waals surface area contributed by atoms with Gasteiger partial charge in [0.05, 0.1) is 32.3 Å². The number of nitro groups is 1. The van der Waals surface area contributed by atoms with Crippen molar-refractivity contribution in [3.63, 3.8) is 0 Å². The highest BCUT2D eigenvalue weighted by molar-refractivity contribution is 6.42. The minimum absolute atomic E-state index is 0.0312. The Balaban J connectivity index is 1.74. The zero-order valence-electron chi connectivity index (χ0n) is 13.8. The van der Waals surface area contributed by atoms with Crippen molar-refractivity contribution in [2.45, 2.75) is 0 Å². The van der Waals surface area contributed by atoms with E-state index in [1.807, 2.05) is 0 Å². The van der Waals surface area contributed by atoms with Crippen LogP contribution < -0.4 is 19.9 Å². The van der Waals surface area contributed by atoms with E-state index in [-0.39, 0.29) is 50.8 Å². The topological polar surface area (TPSA) is 111 Å². The number of hydrazine groups is 1. The van der Waals surface area contributed by atoms with Crippen molar-refractivity contribution in [2.75, 3.05) is 11.8 Å². The molecule has 1 saturated heterocycles. The molecule has 0 aromatic heterocycles. The summed E-state index contributed by atoms with van der Waals surface area (Å²) >= 11 is 11.8. The first-order valence-electron chi connectivity index (χ1n) is 7.75. The molecule has 2 heterocycles. The lowest BCUT2D eigenvalue weighted by Crippen LogP contribution is -2.35. The van der Waals surface area contributed by atoms with Gasteiger partial charge < -0.3 is 9.47 Å². The highest BCUT2D eigenvalue weighted by Crippen LogP contribution is 2.39. The molecular weight excluding hydrogens is 413 g/mol. The third-order valence-corrected chi connectivity index (χ3v) is 4.81. The van der Waals surface area contributed by atoms with Crippen LogP contribution in [-0.4, -0.2) is 23.5 Å². The summed E-state index contributed by atoms with van der Waals surface area (Å²) in [5.74, 6) is -0.920. The van der Waals surface area contributed by atoms with Gasteiger partial charge in [0.2, 0.25) is 6.79 Å². The number of anilines is 1. The van der Waals surface area contributed by atoms with E-state index in [9.17, 15) is 19.7 Å². The van der Waals surface area contributed by atoms with Crippen molar-refractivity contribution in [3.05, 3.63) is 61.6 Å². The molecule has 0 aliphatic carbocycles. The summed E-state index contributed by atoms with van der Waals surface area (Å²) < 4.78 is 10.3. The Morgan fingerprint density at radius 2 is 1.82 bits per heavy atom. The fourth-order valence-electron chi connectivity index (χ4n) is 2.74. The second-order valence-electron chi connectivity index (χ2n) is 5.76. The fourth-order valence-corrected chi connectivity index (χ4v) is 3.03. The average Bonchev–Trinajstić information content (AvgIpc) is 3.22. The minimum atomic E-state index is -0.719. The van der Waals surface area contributed by atoms with Gasteiger partial charge in [-0.2, -0.15) is 0 Å². The SMILES string of the molecule is O=C1NN(c2ccc(Cl)c(Cl)c2)C(=O)/C1=C/c1cc2c(cc1[N+](=O)[O-])OCO2. The van der Waals surface area contributed by atoms with E-state index in [1.165, 1.54) is 30.3 Å². The predicted molar refractivity (Wildman–Crippen MR) is 99.3 cm³/mol. The van der Waals surface area contributed by atoms with Gasteiger partial charge in [0.15, 0.2) is 11.5 Å². The van der Waals surface area contributed by atoms with Gasteiger partial charge in [-0.05, 0) is 30.3 Å². The third-order valence-electron chi connectivity index (χ3n) is 4.07. The molecule has 1 fully saturated rings. The number of nitro benzene ring substituents is 1. The van der Waals surface area contributed by atoms with Crippen LogP contribution in [0.1, 0.15) is 5.56 Å². The molecule has 2 amide bonds. The van der Waals surface area contributed by atoms with E-state index in [0.717, 1.165) is 11.1 Å². The Morgan fingerprint density at radius 3 is 2.50 bits per heavy atom. The maximum atomic E-state index is 12.7. The van der Waals surface area contributed by atoms with E-state index in [2.05, 4.69) is 5.43 Å². The van der Waals surface area contributed by atoms with Gasteiger partial charge in [-0.15, -0.1) is 0 Å². The molecule has 0 atom stereocenters. The molecule has 0 unspecified atom stereocenters. The number of hydrogen-bond acceptors (Lipinski definition) is 6. The number of nitrogens with one attached hydrogen (secondary N) is 1. The molecule has 0 spiro atoms. The van der Waals surface area contributed by atoms with Crippen LogP contribution in [-0.2, 0) is 9.59 Å². The van der Waals surface area contributed by atoms with E-state index in [4.69, 9.17) is 32.7 Å². The molecule has 0 saturated carbocycles. The first kappa shape index (κ1) is 18.1. The lowest BCUT2D eigenvalue weighted by molar-refractivity contribution is -0.385. The van der Waals surface area contributed by atoms with Crippen LogP contribution in [0.3, 0.4) is 0 Å². The molecule has 4 rings (SSSR count). The molecule has 0 radical (unpaired) electrons. The smallest absolute Gasteiger partial charge is 0.282 e. The van der Waals surface area contributed by atoms with Crippen LogP contribution >= 0.6 is 23.2 Å². The molecule has 28 heavy (non-hydrogen) atoms. The van der Waals surface area contributed by atoms with Crippen molar-refractivity contribution in [1.82, 2.24) is 5.43 Å². The molecule has 1 N–H and O–H groups in total. The Labute approximate surface area is 167 Å². The fraction of sp³-hybridized carbons (Fsp3) is 0.0588. The molecule has 2 aromatic rings. The highest BCUT2D eigenvalue weighted by atomic mass is 35.5. The number of fused-ring (bicyclic) bond motifs is 1. The molecule has 11 heteroatoms. The van der Waals surface area contributed by atoms with Gasteiger partial charge in [0, 0.05) is 0 Å². The predicted octanol–water partition coefficient (Wildman–Crippen LogP) is 3.09. The number of ether oxygens (including phenoxy) is 2.